The number of amides is 1. The van der Waals surface area contributed by atoms with Crippen molar-refractivity contribution in [3.63, 3.8) is 0 Å². The monoisotopic (exact) mass is 222 g/mol. The maximum absolute atomic E-state index is 12.1. The molecule has 1 fully saturated rings. The van der Waals surface area contributed by atoms with Crippen LogP contribution in [-0.2, 0) is 4.79 Å². The van der Waals surface area contributed by atoms with Crippen LogP contribution in [0.15, 0.2) is 0 Å². The highest BCUT2D eigenvalue weighted by Crippen LogP contribution is 2.30. The first-order valence-electron chi connectivity index (χ1n) is 6.17. The quantitative estimate of drug-likeness (QED) is 0.544. The summed E-state index contributed by atoms with van der Waals surface area (Å²) in [6, 6.07) is 0. The normalized spacial score (nSPS) is 24.8. The predicted octanol–water partition coefficient (Wildman–Crippen LogP) is 1.30. The van der Waals surface area contributed by atoms with Gasteiger partial charge in [0.15, 0.2) is 0 Å². The van der Waals surface area contributed by atoms with E-state index >= 15 is 0 Å². The second kappa shape index (κ2) is 6.55. The van der Waals surface area contributed by atoms with Gasteiger partial charge in [0.2, 0.25) is 5.91 Å². The number of terminal acetylenes is 1. The highest BCUT2D eigenvalue weighted by Gasteiger charge is 2.37. The van der Waals surface area contributed by atoms with Gasteiger partial charge in [0.25, 0.3) is 0 Å². The van der Waals surface area contributed by atoms with E-state index in [1.54, 1.807) is 0 Å². The third-order valence-corrected chi connectivity index (χ3v) is 3.41. The summed E-state index contributed by atoms with van der Waals surface area (Å²) in [5.41, 5.74) is -0.186. The molecule has 1 saturated heterocycles. The molecule has 0 aromatic carbocycles. The molecule has 1 amide bonds. The van der Waals surface area contributed by atoms with Crippen LogP contribution >= 0.6 is 0 Å². The van der Waals surface area contributed by atoms with Crippen molar-refractivity contribution in [3.8, 4) is 12.3 Å². The average molecular weight is 222 g/mol. The Balaban J connectivity index is 2.40. The van der Waals surface area contributed by atoms with E-state index in [4.69, 9.17) is 6.42 Å². The van der Waals surface area contributed by atoms with E-state index in [-0.39, 0.29) is 11.3 Å². The molecular weight excluding hydrogens is 200 g/mol. The molecule has 16 heavy (non-hydrogen) atoms. The number of rotatable bonds is 5. The van der Waals surface area contributed by atoms with Crippen LogP contribution in [0.25, 0.3) is 0 Å². The Labute approximate surface area is 98.4 Å². The third-order valence-electron chi connectivity index (χ3n) is 3.41. The molecule has 0 spiro atoms. The summed E-state index contributed by atoms with van der Waals surface area (Å²) < 4.78 is 0. The van der Waals surface area contributed by atoms with Gasteiger partial charge in [0.05, 0.1) is 5.41 Å². The lowest BCUT2D eigenvalue weighted by atomic mass is 9.77. The van der Waals surface area contributed by atoms with E-state index in [0.717, 1.165) is 45.2 Å². The van der Waals surface area contributed by atoms with Gasteiger partial charge in [-0.25, -0.2) is 0 Å². The molecule has 0 radical (unpaired) electrons. The summed E-state index contributed by atoms with van der Waals surface area (Å²) in [5.74, 6) is 2.77. The zero-order chi connectivity index (χ0) is 11.9. The van der Waals surface area contributed by atoms with Gasteiger partial charge in [-0.15, -0.1) is 12.3 Å². The molecule has 0 saturated carbocycles. The van der Waals surface area contributed by atoms with E-state index in [1.165, 1.54) is 0 Å². The molecule has 1 rings (SSSR count). The van der Waals surface area contributed by atoms with Gasteiger partial charge < -0.3 is 10.6 Å². The standard InChI is InChI=1S/C13H22N2O/c1-3-5-6-10-15-12(16)13(4-2)8-7-9-14-11-13/h1,14H,4-11H2,2H3,(H,15,16). The fourth-order valence-electron chi connectivity index (χ4n) is 2.20. The fraction of sp³-hybridized carbons (Fsp3) is 0.769. The topological polar surface area (TPSA) is 41.1 Å². The fourth-order valence-corrected chi connectivity index (χ4v) is 2.20. The summed E-state index contributed by atoms with van der Waals surface area (Å²) in [7, 11) is 0. The molecule has 1 aliphatic rings. The number of piperidine rings is 1. The number of unbranched alkanes of at least 4 members (excludes halogenated alkanes) is 1. The average Bonchev–Trinajstić information content (AvgIpc) is 2.35. The largest absolute Gasteiger partial charge is 0.356 e. The van der Waals surface area contributed by atoms with Crippen LogP contribution in [0, 0.1) is 17.8 Å². The van der Waals surface area contributed by atoms with Crippen LogP contribution in [0.1, 0.15) is 39.0 Å². The molecule has 0 aromatic rings. The van der Waals surface area contributed by atoms with Crippen LogP contribution in [0.5, 0.6) is 0 Å². The van der Waals surface area contributed by atoms with Crippen LogP contribution < -0.4 is 10.6 Å². The van der Waals surface area contributed by atoms with Gasteiger partial charge in [-0.1, -0.05) is 6.92 Å². The molecule has 1 aliphatic heterocycles. The SMILES string of the molecule is C#CCCCNC(=O)C1(CC)CCCNC1. The lowest BCUT2D eigenvalue weighted by Gasteiger charge is -2.35. The minimum absolute atomic E-state index is 0.186. The van der Waals surface area contributed by atoms with Crippen molar-refractivity contribution in [2.24, 2.45) is 5.41 Å². The number of hydrogen-bond acceptors (Lipinski definition) is 2. The molecule has 1 atom stereocenters. The van der Waals surface area contributed by atoms with Crippen LogP contribution in [0.2, 0.25) is 0 Å². The Morgan fingerprint density at radius 2 is 2.44 bits per heavy atom. The van der Waals surface area contributed by atoms with E-state index in [1.807, 2.05) is 0 Å². The Bertz CT molecular complexity index is 262. The minimum Gasteiger partial charge on any atom is -0.356 e. The highest BCUT2D eigenvalue weighted by atomic mass is 16.2. The molecule has 1 heterocycles. The summed E-state index contributed by atoms with van der Waals surface area (Å²) >= 11 is 0. The molecule has 90 valence electrons. The molecule has 2 N–H and O–H groups in total. The van der Waals surface area contributed by atoms with Gasteiger partial charge >= 0.3 is 0 Å². The van der Waals surface area contributed by atoms with E-state index in [2.05, 4.69) is 23.5 Å². The first-order chi connectivity index (χ1) is 7.75. The Morgan fingerprint density at radius 1 is 1.62 bits per heavy atom. The molecule has 3 heteroatoms. The highest BCUT2D eigenvalue weighted by molar-refractivity contribution is 5.82. The van der Waals surface area contributed by atoms with Gasteiger partial charge in [-0.2, -0.15) is 0 Å². The maximum atomic E-state index is 12.1. The summed E-state index contributed by atoms with van der Waals surface area (Å²) in [6.45, 7) is 4.63. The van der Waals surface area contributed by atoms with Crippen LogP contribution in [-0.4, -0.2) is 25.5 Å². The van der Waals surface area contributed by atoms with Crippen molar-refractivity contribution in [1.29, 1.82) is 0 Å². The summed E-state index contributed by atoms with van der Waals surface area (Å²) in [4.78, 5) is 12.1. The zero-order valence-electron chi connectivity index (χ0n) is 10.1. The number of hydrogen-bond donors (Lipinski definition) is 2. The maximum Gasteiger partial charge on any atom is 0.227 e. The molecule has 0 bridgehead atoms. The van der Waals surface area contributed by atoms with Crippen LogP contribution in [0.4, 0.5) is 0 Å². The third kappa shape index (κ3) is 3.24. The molecule has 3 nitrogen and oxygen atoms in total. The Hall–Kier alpha value is -1.01. The van der Waals surface area contributed by atoms with Crippen molar-refractivity contribution in [1.82, 2.24) is 10.6 Å². The first kappa shape index (κ1) is 13.1. The predicted molar refractivity (Wildman–Crippen MR) is 65.9 cm³/mol. The van der Waals surface area contributed by atoms with E-state index in [0.29, 0.717) is 6.54 Å². The lowest BCUT2D eigenvalue weighted by Crippen LogP contribution is -2.50. The number of carbonyl (C=O) groups excluding carboxylic acids is 1. The van der Waals surface area contributed by atoms with E-state index in [9.17, 15) is 4.79 Å². The van der Waals surface area contributed by atoms with Crippen molar-refractivity contribution >= 4 is 5.91 Å². The molecule has 1 unspecified atom stereocenters. The first-order valence-corrected chi connectivity index (χ1v) is 6.17. The molecular formula is C13H22N2O. The lowest BCUT2D eigenvalue weighted by molar-refractivity contribution is -0.132. The van der Waals surface area contributed by atoms with Crippen molar-refractivity contribution < 1.29 is 4.79 Å². The molecule has 0 aliphatic carbocycles. The van der Waals surface area contributed by atoms with Crippen LogP contribution in [0.3, 0.4) is 0 Å². The van der Waals surface area contributed by atoms with Gasteiger partial charge in [-0.3, -0.25) is 4.79 Å². The number of nitrogens with one attached hydrogen (secondary N) is 2. The second-order valence-electron chi connectivity index (χ2n) is 4.48. The number of carbonyl (C=O) groups is 1. The van der Waals surface area contributed by atoms with Gasteiger partial charge in [-0.05, 0) is 32.2 Å². The van der Waals surface area contributed by atoms with Gasteiger partial charge in [0, 0.05) is 19.5 Å². The van der Waals surface area contributed by atoms with Crippen molar-refractivity contribution in [2.75, 3.05) is 19.6 Å². The zero-order valence-corrected chi connectivity index (χ0v) is 10.1. The van der Waals surface area contributed by atoms with E-state index < -0.39 is 0 Å². The van der Waals surface area contributed by atoms with Crippen molar-refractivity contribution in [3.05, 3.63) is 0 Å². The van der Waals surface area contributed by atoms with Crippen molar-refractivity contribution in [2.45, 2.75) is 39.0 Å². The second-order valence-corrected chi connectivity index (χ2v) is 4.48. The Kier molecular flexibility index (Phi) is 5.34. The summed E-state index contributed by atoms with van der Waals surface area (Å²) in [6.07, 6.45) is 9.76. The minimum atomic E-state index is -0.186. The van der Waals surface area contributed by atoms with Gasteiger partial charge in [0.1, 0.15) is 0 Å². The molecule has 0 aromatic heterocycles. The smallest absolute Gasteiger partial charge is 0.227 e. The summed E-state index contributed by atoms with van der Waals surface area (Å²) in [5, 5.41) is 6.32. The Morgan fingerprint density at radius 3 is 3.00 bits per heavy atom.